The van der Waals surface area contributed by atoms with Crippen molar-refractivity contribution in [1.29, 1.82) is 0 Å². The summed E-state index contributed by atoms with van der Waals surface area (Å²) in [5.74, 6) is 0.141. The average Bonchev–Trinajstić information content (AvgIpc) is 2.70. The lowest BCUT2D eigenvalue weighted by atomic mass is 10.1. The highest BCUT2D eigenvalue weighted by Crippen LogP contribution is 2.27. The fourth-order valence-corrected chi connectivity index (χ4v) is 2.61. The number of amides is 1. The van der Waals surface area contributed by atoms with Crippen LogP contribution in [0.3, 0.4) is 0 Å². The lowest BCUT2D eigenvalue weighted by molar-refractivity contribution is 0.0676. The van der Waals surface area contributed by atoms with Gasteiger partial charge < -0.3 is 10.6 Å². The van der Waals surface area contributed by atoms with E-state index in [0.717, 1.165) is 24.8 Å². The average molecular weight is 269 g/mol. The maximum absolute atomic E-state index is 12.4. The number of anilines is 1. The van der Waals surface area contributed by atoms with Crippen LogP contribution < -0.4 is 5.73 Å². The maximum Gasteiger partial charge on any atom is 0.254 e. The van der Waals surface area contributed by atoms with Gasteiger partial charge in [-0.3, -0.25) is 4.79 Å². The van der Waals surface area contributed by atoms with E-state index in [2.05, 4.69) is 13.8 Å². The molecule has 18 heavy (non-hydrogen) atoms. The first-order valence-electron chi connectivity index (χ1n) is 6.31. The largest absolute Gasteiger partial charge is 0.399 e. The van der Waals surface area contributed by atoms with Crippen molar-refractivity contribution in [3.63, 3.8) is 0 Å². The first kappa shape index (κ1) is 14.8. The highest BCUT2D eigenvalue weighted by Gasteiger charge is 2.33. The van der Waals surface area contributed by atoms with E-state index in [9.17, 15) is 4.79 Å². The molecule has 2 unspecified atom stereocenters. The van der Waals surface area contributed by atoms with Gasteiger partial charge in [-0.15, -0.1) is 12.4 Å². The lowest BCUT2D eigenvalue weighted by Crippen LogP contribution is -2.39. The van der Waals surface area contributed by atoms with E-state index >= 15 is 0 Å². The monoisotopic (exact) mass is 268 g/mol. The van der Waals surface area contributed by atoms with Crippen molar-refractivity contribution in [1.82, 2.24) is 4.90 Å². The lowest BCUT2D eigenvalue weighted by Gasteiger charge is -2.28. The molecule has 0 radical (unpaired) electrons. The molecule has 1 aliphatic rings. The molecule has 0 aliphatic carbocycles. The molecule has 1 aromatic carbocycles. The van der Waals surface area contributed by atoms with Crippen LogP contribution in [0.4, 0.5) is 5.69 Å². The van der Waals surface area contributed by atoms with Gasteiger partial charge in [-0.25, -0.2) is 0 Å². The van der Waals surface area contributed by atoms with Crippen LogP contribution in [0.5, 0.6) is 0 Å². The van der Waals surface area contributed by atoms with Crippen molar-refractivity contribution in [2.75, 3.05) is 5.73 Å². The zero-order chi connectivity index (χ0) is 12.4. The summed E-state index contributed by atoms with van der Waals surface area (Å²) in [5.41, 5.74) is 7.08. The molecule has 0 saturated carbocycles. The van der Waals surface area contributed by atoms with E-state index in [0.29, 0.717) is 17.8 Å². The molecule has 3 nitrogen and oxygen atoms in total. The summed E-state index contributed by atoms with van der Waals surface area (Å²) in [7, 11) is 0. The quantitative estimate of drug-likeness (QED) is 0.838. The van der Waals surface area contributed by atoms with Gasteiger partial charge in [-0.2, -0.15) is 0 Å². The Morgan fingerprint density at radius 3 is 2.50 bits per heavy atom. The van der Waals surface area contributed by atoms with Crippen LogP contribution in [-0.4, -0.2) is 22.9 Å². The second kappa shape index (κ2) is 6.10. The Hall–Kier alpha value is -1.22. The second-order valence-electron chi connectivity index (χ2n) is 4.82. The molecular formula is C14H21ClN2O. The van der Waals surface area contributed by atoms with Crippen LogP contribution in [0.1, 0.15) is 43.5 Å². The topological polar surface area (TPSA) is 46.3 Å². The summed E-state index contributed by atoms with van der Waals surface area (Å²) in [4.78, 5) is 14.5. The van der Waals surface area contributed by atoms with Crippen LogP contribution in [0.2, 0.25) is 0 Å². The number of rotatable bonds is 2. The molecule has 1 heterocycles. The van der Waals surface area contributed by atoms with Gasteiger partial charge in [0.15, 0.2) is 0 Å². The Labute approximate surface area is 115 Å². The Balaban J connectivity index is 0.00000162. The van der Waals surface area contributed by atoms with Crippen LogP contribution >= 0.6 is 12.4 Å². The van der Waals surface area contributed by atoms with Crippen molar-refractivity contribution in [2.24, 2.45) is 0 Å². The Morgan fingerprint density at radius 2 is 1.94 bits per heavy atom. The summed E-state index contributed by atoms with van der Waals surface area (Å²) in [6.07, 6.45) is 3.27. The number of carbonyl (C=O) groups excluding carboxylic acids is 1. The highest BCUT2D eigenvalue weighted by atomic mass is 35.5. The van der Waals surface area contributed by atoms with Crippen LogP contribution in [0.15, 0.2) is 24.3 Å². The van der Waals surface area contributed by atoms with E-state index in [1.165, 1.54) is 0 Å². The molecule has 1 aromatic rings. The Morgan fingerprint density at radius 1 is 1.33 bits per heavy atom. The van der Waals surface area contributed by atoms with E-state index < -0.39 is 0 Å². The second-order valence-corrected chi connectivity index (χ2v) is 4.82. The van der Waals surface area contributed by atoms with Crippen molar-refractivity contribution < 1.29 is 4.79 Å². The third kappa shape index (κ3) is 2.78. The number of nitrogens with two attached hydrogens (primary N) is 1. The molecule has 2 rings (SSSR count). The summed E-state index contributed by atoms with van der Waals surface area (Å²) < 4.78 is 0. The number of carbonyl (C=O) groups is 1. The molecule has 2 N–H and O–H groups in total. The smallest absolute Gasteiger partial charge is 0.254 e. The number of nitrogens with zero attached hydrogens (tertiary/aromatic N) is 1. The Kier molecular flexibility index (Phi) is 5.03. The molecule has 1 fully saturated rings. The SMILES string of the molecule is CCC1CCC(C)N1C(=O)c1ccc(N)cc1.Cl. The number of hydrogen-bond donors (Lipinski definition) is 1. The van der Waals surface area contributed by atoms with Crippen molar-refractivity contribution in [3.05, 3.63) is 29.8 Å². The third-order valence-electron chi connectivity index (χ3n) is 3.65. The van der Waals surface area contributed by atoms with Crippen molar-refractivity contribution in [2.45, 2.75) is 45.2 Å². The summed E-state index contributed by atoms with van der Waals surface area (Å²) in [5, 5.41) is 0. The van der Waals surface area contributed by atoms with Crippen LogP contribution in [0.25, 0.3) is 0 Å². The van der Waals surface area contributed by atoms with Gasteiger partial charge in [0, 0.05) is 23.3 Å². The van der Waals surface area contributed by atoms with Crippen LogP contribution in [-0.2, 0) is 0 Å². The van der Waals surface area contributed by atoms with Gasteiger partial charge in [-0.1, -0.05) is 6.92 Å². The van der Waals surface area contributed by atoms with E-state index in [4.69, 9.17) is 5.73 Å². The van der Waals surface area contributed by atoms with Crippen LogP contribution in [0, 0.1) is 0 Å². The minimum Gasteiger partial charge on any atom is -0.399 e. The van der Waals surface area contributed by atoms with Gasteiger partial charge in [-0.05, 0) is 50.5 Å². The number of likely N-dealkylation sites (tertiary alicyclic amines) is 1. The molecule has 0 aromatic heterocycles. The Bertz CT molecular complexity index is 405. The normalized spacial score (nSPS) is 22.7. The fourth-order valence-electron chi connectivity index (χ4n) is 2.61. The molecule has 4 heteroatoms. The number of hydrogen-bond acceptors (Lipinski definition) is 2. The molecule has 100 valence electrons. The predicted molar refractivity (Wildman–Crippen MR) is 77.0 cm³/mol. The predicted octanol–water partition coefficient (Wildman–Crippen LogP) is 3.09. The molecule has 1 aliphatic heterocycles. The van der Waals surface area contributed by atoms with Gasteiger partial charge in [0.2, 0.25) is 0 Å². The molecule has 2 atom stereocenters. The van der Waals surface area contributed by atoms with Gasteiger partial charge in [0.25, 0.3) is 5.91 Å². The van der Waals surface area contributed by atoms with Crippen molar-refractivity contribution >= 4 is 24.0 Å². The van der Waals surface area contributed by atoms with Gasteiger partial charge >= 0.3 is 0 Å². The number of benzene rings is 1. The molecular weight excluding hydrogens is 248 g/mol. The minimum atomic E-state index is 0. The summed E-state index contributed by atoms with van der Waals surface area (Å²) in [6, 6.07) is 7.95. The van der Waals surface area contributed by atoms with Crippen molar-refractivity contribution in [3.8, 4) is 0 Å². The number of nitrogen functional groups attached to an aromatic ring is 1. The standard InChI is InChI=1S/C14H20N2O.ClH/c1-3-13-9-4-10(2)16(13)14(17)11-5-7-12(15)8-6-11;/h5-8,10,13H,3-4,9,15H2,1-2H3;1H. The first-order chi connectivity index (χ1) is 8.13. The zero-order valence-electron chi connectivity index (χ0n) is 10.9. The van der Waals surface area contributed by atoms with Gasteiger partial charge in [0.05, 0.1) is 0 Å². The summed E-state index contributed by atoms with van der Waals surface area (Å²) in [6.45, 7) is 4.27. The molecule has 0 spiro atoms. The molecule has 1 amide bonds. The van der Waals surface area contributed by atoms with E-state index in [1.54, 1.807) is 12.1 Å². The first-order valence-corrected chi connectivity index (χ1v) is 6.31. The van der Waals surface area contributed by atoms with E-state index in [1.807, 2.05) is 17.0 Å². The highest BCUT2D eigenvalue weighted by molar-refractivity contribution is 5.95. The minimum absolute atomic E-state index is 0. The number of halogens is 1. The molecule has 0 bridgehead atoms. The van der Waals surface area contributed by atoms with E-state index in [-0.39, 0.29) is 18.3 Å². The van der Waals surface area contributed by atoms with Gasteiger partial charge in [0.1, 0.15) is 0 Å². The fraction of sp³-hybridized carbons (Fsp3) is 0.500. The molecule has 1 saturated heterocycles. The maximum atomic E-state index is 12.4. The zero-order valence-corrected chi connectivity index (χ0v) is 11.7. The third-order valence-corrected chi connectivity index (χ3v) is 3.65. The summed E-state index contributed by atoms with van der Waals surface area (Å²) >= 11 is 0.